The zero-order valence-electron chi connectivity index (χ0n) is 11.2. The van der Waals surface area contributed by atoms with E-state index in [1.165, 1.54) is 0 Å². The molecule has 1 aromatic carbocycles. The lowest BCUT2D eigenvalue weighted by atomic mass is 10.1. The molecule has 1 aliphatic heterocycles. The first-order valence-electron chi connectivity index (χ1n) is 6.76. The number of hydrogen-bond acceptors (Lipinski definition) is 4. The van der Waals surface area contributed by atoms with Gasteiger partial charge < -0.3 is 10.1 Å². The highest BCUT2D eigenvalue weighted by Gasteiger charge is 2.08. The van der Waals surface area contributed by atoms with Crippen LogP contribution in [-0.4, -0.2) is 23.9 Å². The first-order chi connectivity index (χ1) is 9.92. The van der Waals surface area contributed by atoms with Gasteiger partial charge in [0.15, 0.2) is 0 Å². The maximum atomic E-state index is 5.72. The molecule has 102 valence electrons. The minimum atomic E-state index is 0.581. The van der Waals surface area contributed by atoms with Crippen LogP contribution in [0.25, 0.3) is 0 Å². The maximum absolute atomic E-state index is 5.72. The predicted molar refractivity (Wildman–Crippen MR) is 78.6 cm³/mol. The molecule has 0 unspecified atom stereocenters. The van der Waals surface area contributed by atoms with Crippen LogP contribution in [0.15, 0.2) is 53.8 Å². The van der Waals surface area contributed by atoms with Gasteiger partial charge in [-0.1, -0.05) is 24.3 Å². The lowest BCUT2D eigenvalue weighted by Gasteiger charge is -2.07. The molecule has 4 nitrogen and oxygen atoms in total. The normalized spacial score (nSPS) is 13.9. The van der Waals surface area contributed by atoms with Gasteiger partial charge in [0.1, 0.15) is 5.84 Å². The molecule has 0 saturated carbocycles. The summed E-state index contributed by atoms with van der Waals surface area (Å²) >= 11 is 0. The summed E-state index contributed by atoms with van der Waals surface area (Å²) in [5.74, 6) is 0.985. The monoisotopic (exact) mass is 267 g/mol. The van der Waals surface area contributed by atoms with Gasteiger partial charge in [-0.05, 0) is 23.3 Å². The second kappa shape index (κ2) is 6.30. The van der Waals surface area contributed by atoms with Crippen molar-refractivity contribution in [3.8, 4) is 0 Å². The summed E-state index contributed by atoms with van der Waals surface area (Å²) in [6, 6.07) is 12.2. The lowest BCUT2D eigenvalue weighted by molar-refractivity contribution is 0.107. The van der Waals surface area contributed by atoms with E-state index in [1.807, 2.05) is 24.4 Å². The predicted octanol–water partition coefficient (Wildman–Crippen LogP) is 2.15. The highest BCUT2D eigenvalue weighted by atomic mass is 16.5. The molecule has 0 spiro atoms. The van der Waals surface area contributed by atoms with Crippen LogP contribution in [0.4, 0.5) is 0 Å². The van der Waals surface area contributed by atoms with Gasteiger partial charge in [0.2, 0.25) is 0 Å². The second-order valence-electron chi connectivity index (χ2n) is 4.71. The molecule has 1 aliphatic rings. The molecule has 0 radical (unpaired) electrons. The third kappa shape index (κ3) is 3.22. The van der Waals surface area contributed by atoms with E-state index in [9.17, 15) is 0 Å². The van der Waals surface area contributed by atoms with Gasteiger partial charge in [0, 0.05) is 24.5 Å². The summed E-state index contributed by atoms with van der Waals surface area (Å²) in [5, 5.41) is 3.28. The van der Waals surface area contributed by atoms with Crippen molar-refractivity contribution in [2.45, 2.75) is 13.2 Å². The Morgan fingerprint density at radius 2 is 2.00 bits per heavy atom. The molecule has 0 amide bonds. The minimum Gasteiger partial charge on any atom is -0.372 e. The van der Waals surface area contributed by atoms with Crippen LogP contribution in [0.2, 0.25) is 0 Å². The van der Waals surface area contributed by atoms with Gasteiger partial charge >= 0.3 is 0 Å². The fraction of sp³-hybridized carbons (Fsp3) is 0.250. The van der Waals surface area contributed by atoms with Crippen LogP contribution >= 0.6 is 0 Å². The SMILES string of the molecule is c1cncc(COCc2cccc(C3=NCCN3)c2)c1. The van der Waals surface area contributed by atoms with Crippen LogP contribution in [0.3, 0.4) is 0 Å². The van der Waals surface area contributed by atoms with Gasteiger partial charge in [-0.25, -0.2) is 0 Å². The van der Waals surface area contributed by atoms with E-state index in [1.54, 1.807) is 6.20 Å². The number of aromatic nitrogens is 1. The van der Waals surface area contributed by atoms with Crippen molar-refractivity contribution in [2.24, 2.45) is 4.99 Å². The van der Waals surface area contributed by atoms with Gasteiger partial charge in [-0.3, -0.25) is 9.98 Å². The molecule has 1 N–H and O–H groups in total. The Morgan fingerprint density at radius 3 is 2.80 bits per heavy atom. The first kappa shape index (κ1) is 12.8. The van der Waals surface area contributed by atoms with Gasteiger partial charge in [0.25, 0.3) is 0 Å². The summed E-state index contributed by atoms with van der Waals surface area (Å²) in [6.45, 7) is 2.96. The van der Waals surface area contributed by atoms with Crippen molar-refractivity contribution in [1.82, 2.24) is 10.3 Å². The average Bonchev–Trinajstić information content (AvgIpc) is 3.03. The molecule has 0 fully saturated rings. The Balaban J connectivity index is 1.59. The third-order valence-electron chi connectivity index (χ3n) is 3.13. The Hall–Kier alpha value is -2.20. The average molecular weight is 267 g/mol. The smallest absolute Gasteiger partial charge is 0.128 e. The molecule has 0 saturated heterocycles. The molecular formula is C16H17N3O. The Morgan fingerprint density at radius 1 is 1.10 bits per heavy atom. The van der Waals surface area contributed by atoms with Crippen molar-refractivity contribution in [2.75, 3.05) is 13.1 Å². The Kier molecular flexibility index (Phi) is 4.04. The van der Waals surface area contributed by atoms with Crippen molar-refractivity contribution >= 4 is 5.84 Å². The molecule has 1 aromatic heterocycles. The molecule has 0 bridgehead atoms. The zero-order valence-corrected chi connectivity index (χ0v) is 11.2. The van der Waals surface area contributed by atoms with Crippen molar-refractivity contribution in [1.29, 1.82) is 0 Å². The molecular weight excluding hydrogens is 250 g/mol. The summed E-state index contributed by atoms with van der Waals surface area (Å²) in [4.78, 5) is 8.50. The van der Waals surface area contributed by atoms with Crippen LogP contribution < -0.4 is 5.32 Å². The van der Waals surface area contributed by atoms with Gasteiger partial charge in [-0.15, -0.1) is 0 Å². The number of hydrogen-bond donors (Lipinski definition) is 1. The molecule has 2 aromatic rings. The van der Waals surface area contributed by atoms with E-state index in [-0.39, 0.29) is 0 Å². The van der Waals surface area contributed by atoms with E-state index in [0.717, 1.165) is 35.6 Å². The molecule has 4 heteroatoms. The molecule has 0 aliphatic carbocycles. The zero-order chi connectivity index (χ0) is 13.6. The van der Waals surface area contributed by atoms with Crippen molar-refractivity contribution in [3.63, 3.8) is 0 Å². The minimum absolute atomic E-state index is 0.581. The molecule has 2 heterocycles. The standard InChI is InChI=1S/C16H17N3O/c1-3-13(9-15(5-1)16-18-7-8-19-16)11-20-12-14-4-2-6-17-10-14/h1-6,9-10H,7-8,11-12H2,(H,18,19). The van der Waals surface area contributed by atoms with Crippen LogP contribution in [0.1, 0.15) is 16.7 Å². The quantitative estimate of drug-likeness (QED) is 0.903. The number of benzene rings is 1. The number of nitrogens with one attached hydrogen (secondary N) is 1. The number of ether oxygens (including phenoxy) is 1. The van der Waals surface area contributed by atoms with E-state index >= 15 is 0 Å². The fourth-order valence-electron chi connectivity index (χ4n) is 2.17. The summed E-state index contributed by atoms with van der Waals surface area (Å²) in [7, 11) is 0. The second-order valence-corrected chi connectivity index (χ2v) is 4.71. The van der Waals surface area contributed by atoms with E-state index in [2.05, 4.69) is 33.5 Å². The van der Waals surface area contributed by atoms with Gasteiger partial charge in [0.05, 0.1) is 19.8 Å². The summed E-state index contributed by atoms with van der Waals surface area (Å²) in [5.41, 5.74) is 3.37. The Labute approximate surface area is 118 Å². The van der Waals surface area contributed by atoms with E-state index < -0.39 is 0 Å². The van der Waals surface area contributed by atoms with Crippen molar-refractivity contribution < 1.29 is 4.74 Å². The third-order valence-corrected chi connectivity index (χ3v) is 3.13. The number of aliphatic imine (C=N–C) groups is 1. The van der Waals surface area contributed by atoms with E-state index in [0.29, 0.717) is 13.2 Å². The van der Waals surface area contributed by atoms with Crippen LogP contribution in [-0.2, 0) is 18.0 Å². The van der Waals surface area contributed by atoms with Crippen molar-refractivity contribution in [3.05, 3.63) is 65.5 Å². The fourth-order valence-corrected chi connectivity index (χ4v) is 2.17. The Bertz CT molecular complexity index is 596. The number of nitrogens with zero attached hydrogens (tertiary/aromatic N) is 2. The van der Waals surface area contributed by atoms with Crippen LogP contribution in [0.5, 0.6) is 0 Å². The molecule has 3 rings (SSSR count). The maximum Gasteiger partial charge on any atom is 0.128 e. The van der Waals surface area contributed by atoms with Gasteiger partial charge in [-0.2, -0.15) is 0 Å². The molecule has 20 heavy (non-hydrogen) atoms. The first-order valence-corrected chi connectivity index (χ1v) is 6.76. The largest absolute Gasteiger partial charge is 0.372 e. The highest BCUT2D eigenvalue weighted by molar-refractivity contribution is 5.99. The number of amidine groups is 1. The van der Waals surface area contributed by atoms with Crippen LogP contribution in [0, 0.1) is 0 Å². The topological polar surface area (TPSA) is 46.5 Å². The molecule has 0 atom stereocenters. The summed E-state index contributed by atoms with van der Waals surface area (Å²) < 4.78 is 5.72. The highest BCUT2D eigenvalue weighted by Crippen LogP contribution is 2.10. The lowest BCUT2D eigenvalue weighted by Crippen LogP contribution is -2.19. The number of pyridine rings is 1. The summed E-state index contributed by atoms with van der Waals surface area (Å²) in [6.07, 6.45) is 3.59. The van der Waals surface area contributed by atoms with E-state index in [4.69, 9.17) is 4.74 Å². The number of rotatable bonds is 5.